The van der Waals surface area contributed by atoms with E-state index in [1.807, 2.05) is 12.1 Å². The smallest absolute Gasteiger partial charge is 0.125 e. The van der Waals surface area contributed by atoms with Gasteiger partial charge >= 0.3 is 0 Å². The normalized spacial score (nSPS) is 12.5. The molecule has 0 saturated carbocycles. The van der Waals surface area contributed by atoms with Crippen molar-refractivity contribution in [1.29, 1.82) is 0 Å². The van der Waals surface area contributed by atoms with Gasteiger partial charge in [-0.05, 0) is 39.4 Å². The van der Waals surface area contributed by atoms with E-state index in [0.717, 1.165) is 25.4 Å². The summed E-state index contributed by atoms with van der Waals surface area (Å²) in [6, 6.07) is 6.44. The van der Waals surface area contributed by atoms with Crippen molar-refractivity contribution in [2.24, 2.45) is 0 Å². The molecule has 0 fully saturated rings. The molecule has 0 bridgehead atoms. The molecule has 0 aliphatic rings. The summed E-state index contributed by atoms with van der Waals surface area (Å²) >= 11 is 0. The number of anilines is 1. The molecule has 0 heterocycles. The lowest BCUT2D eigenvalue weighted by atomic mass is 10.0. The molecule has 0 radical (unpaired) electrons. The standard InChI is InChI=1S/C17H30N2O2/c1-7-18-14(4)17-15(9-8-10-16(17)20-6)19(5)11-12-21-13(2)3/h8-10,13-14,18H,7,11-12H2,1-6H3. The summed E-state index contributed by atoms with van der Waals surface area (Å²) in [4.78, 5) is 2.23. The molecule has 1 unspecified atom stereocenters. The SMILES string of the molecule is CCNC(C)c1c(OC)cccc1N(C)CCOC(C)C. The first-order valence-corrected chi connectivity index (χ1v) is 7.74. The Labute approximate surface area is 129 Å². The molecular formula is C17H30N2O2. The number of nitrogens with zero attached hydrogens (tertiary/aromatic N) is 1. The quantitative estimate of drug-likeness (QED) is 0.758. The summed E-state index contributed by atoms with van der Waals surface area (Å²) in [5.41, 5.74) is 2.39. The number of likely N-dealkylation sites (N-methyl/N-ethyl adjacent to an activating group) is 1. The van der Waals surface area contributed by atoms with Crippen LogP contribution >= 0.6 is 0 Å². The molecule has 0 aliphatic carbocycles. The first kappa shape index (κ1) is 17.8. The molecule has 0 aromatic heterocycles. The summed E-state index contributed by atoms with van der Waals surface area (Å²) in [5.74, 6) is 0.928. The fourth-order valence-electron chi connectivity index (χ4n) is 2.43. The van der Waals surface area contributed by atoms with E-state index in [9.17, 15) is 0 Å². The van der Waals surface area contributed by atoms with Gasteiger partial charge in [0, 0.05) is 30.9 Å². The highest BCUT2D eigenvalue weighted by atomic mass is 16.5. The largest absolute Gasteiger partial charge is 0.496 e. The summed E-state index contributed by atoms with van der Waals surface area (Å²) < 4.78 is 11.2. The topological polar surface area (TPSA) is 33.7 Å². The predicted octanol–water partition coefficient (Wildman–Crippen LogP) is 3.23. The van der Waals surface area contributed by atoms with Crippen LogP contribution in [0.15, 0.2) is 18.2 Å². The van der Waals surface area contributed by atoms with Gasteiger partial charge in [-0.3, -0.25) is 0 Å². The van der Waals surface area contributed by atoms with E-state index in [0.29, 0.717) is 0 Å². The maximum atomic E-state index is 5.65. The van der Waals surface area contributed by atoms with E-state index in [1.165, 1.54) is 11.3 Å². The van der Waals surface area contributed by atoms with Crippen LogP contribution in [0, 0.1) is 0 Å². The fourth-order valence-corrected chi connectivity index (χ4v) is 2.43. The lowest BCUT2D eigenvalue weighted by molar-refractivity contribution is 0.0846. The van der Waals surface area contributed by atoms with Gasteiger partial charge in [0.1, 0.15) is 5.75 Å². The van der Waals surface area contributed by atoms with Crippen LogP contribution in [0.25, 0.3) is 0 Å². The molecule has 120 valence electrons. The van der Waals surface area contributed by atoms with Gasteiger partial charge in [0.2, 0.25) is 0 Å². The van der Waals surface area contributed by atoms with Crippen LogP contribution in [0.1, 0.15) is 39.3 Å². The van der Waals surface area contributed by atoms with Crippen molar-refractivity contribution >= 4 is 5.69 Å². The van der Waals surface area contributed by atoms with Crippen molar-refractivity contribution in [3.8, 4) is 5.75 Å². The summed E-state index contributed by atoms with van der Waals surface area (Å²) in [7, 11) is 3.82. The highest BCUT2D eigenvalue weighted by Gasteiger charge is 2.17. The molecule has 4 heteroatoms. The van der Waals surface area contributed by atoms with E-state index in [1.54, 1.807) is 7.11 Å². The number of methoxy groups -OCH3 is 1. The molecule has 1 aromatic carbocycles. The Morgan fingerprint density at radius 1 is 1.24 bits per heavy atom. The predicted molar refractivity (Wildman–Crippen MR) is 89.4 cm³/mol. The van der Waals surface area contributed by atoms with Crippen molar-refractivity contribution < 1.29 is 9.47 Å². The van der Waals surface area contributed by atoms with Gasteiger partial charge in [-0.2, -0.15) is 0 Å². The Hall–Kier alpha value is -1.26. The second-order valence-corrected chi connectivity index (χ2v) is 5.51. The highest BCUT2D eigenvalue weighted by Crippen LogP contribution is 2.34. The van der Waals surface area contributed by atoms with E-state index >= 15 is 0 Å². The van der Waals surface area contributed by atoms with Gasteiger partial charge in [-0.1, -0.05) is 13.0 Å². The average Bonchev–Trinajstić information content (AvgIpc) is 2.46. The molecule has 0 spiro atoms. The average molecular weight is 294 g/mol. The van der Waals surface area contributed by atoms with Gasteiger partial charge < -0.3 is 19.7 Å². The van der Waals surface area contributed by atoms with Crippen molar-refractivity contribution in [3.05, 3.63) is 23.8 Å². The first-order chi connectivity index (χ1) is 10.0. The summed E-state index contributed by atoms with van der Waals surface area (Å²) in [6.07, 6.45) is 0.267. The zero-order chi connectivity index (χ0) is 15.8. The third-order valence-electron chi connectivity index (χ3n) is 3.50. The van der Waals surface area contributed by atoms with Crippen LogP contribution in [-0.2, 0) is 4.74 Å². The molecule has 0 saturated heterocycles. The van der Waals surface area contributed by atoms with E-state index in [-0.39, 0.29) is 12.1 Å². The van der Waals surface area contributed by atoms with Crippen LogP contribution in [-0.4, -0.2) is 40.0 Å². The molecule has 0 amide bonds. The second-order valence-electron chi connectivity index (χ2n) is 5.51. The first-order valence-electron chi connectivity index (χ1n) is 7.74. The Morgan fingerprint density at radius 2 is 1.95 bits per heavy atom. The van der Waals surface area contributed by atoms with Crippen LogP contribution in [0.3, 0.4) is 0 Å². The Kier molecular flexibility index (Phi) is 7.54. The van der Waals surface area contributed by atoms with Crippen molar-refractivity contribution in [3.63, 3.8) is 0 Å². The molecule has 0 aliphatic heterocycles. The van der Waals surface area contributed by atoms with Crippen LogP contribution < -0.4 is 15.0 Å². The van der Waals surface area contributed by atoms with Gasteiger partial charge in [0.05, 0.1) is 19.8 Å². The van der Waals surface area contributed by atoms with E-state index < -0.39 is 0 Å². The molecule has 1 rings (SSSR count). The van der Waals surface area contributed by atoms with Crippen LogP contribution in [0.5, 0.6) is 5.75 Å². The number of ether oxygens (including phenoxy) is 2. The summed E-state index contributed by atoms with van der Waals surface area (Å²) in [6.45, 7) is 10.9. The Balaban J connectivity index is 2.93. The monoisotopic (exact) mass is 294 g/mol. The lowest BCUT2D eigenvalue weighted by Gasteiger charge is -2.27. The van der Waals surface area contributed by atoms with Crippen LogP contribution in [0.2, 0.25) is 0 Å². The lowest BCUT2D eigenvalue weighted by Crippen LogP contribution is -2.27. The maximum Gasteiger partial charge on any atom is 0.125 e. The van der Waals surface area contributed by atoms with E-state index in [4.69, 9.17) is 9.47 Å². The van der Waals surface area contributed by atoms with Crippen molar-refractivity contribution in [2.45, 2.75) is 39.8 Å². The fraction of sp³-hybridized carbons (Fsp3) is 0.647. The molecular weight excluding hydrogens is 264 g/mol. The number of hydrogen-bond donors (Lipinski definition) is 1. The minimum atomic E-state index is 0.245. The molecule has 21 heavy (non-hydrogen) atoms. The minimum absolute atomic E-state index is 0.245. The number of benzene rings is 1. The highest BCUT2D eigenvalue weighted by molar-refractivity contribution is 5.60. The maximum absolute atomic E-state index is 5.65. The third-order valence-corrected chi connectivity index (χ3v) is 3.50. The van der Waals surface area contributed by atoms with Gasteiger partial charge in [-0.25, -0.2) is 0 Å². The van der Waals surface area contributed by atoms with E-state index in [2.05, 4.69) is 51.0 Å². The zero-order valence-corrected chi connectivity index (χ0v) is 14.3. The molecule has 1 N–H and O–H groups in total. The third kappa shape index (κ3) is 5.21. The zero-order valence-electron chi connectivity index (χ0n) is 14.3. The molecule has 4 nitrogen and oxygen atoms in total. The molecule has 1 aromatic rings. The number of rotatable bonds is 9. The van der Waals surface area contributed by atoms with Crippen LogP contribution in [0.4, 0.5) is 5.69 Å². The minimum Gasteiger partial charge on any atom is -0.496 e. The van der Waals surface area contributed by atoms with Crippen molar-refractivity contribution in [2.75, 3.05) is 38.8 Å². The van der Waals surface area contributed by atoms with Gasteiger partial charge in [0.25, 0.3) is 0 Å². The Morgan fingerprint density at radius 3 is 2.52 bits per heavy atom. The van der Waals surface area contributed by atoms with Gasteiger partial charge in [0.15, 0.2) is 0 Å². The summed E-state index contributed by atoms with van der Waals surface area (Å²) in [5, 5.41) is 3.47. The number of nitrogens with one attached hydrogen (secondary N) is 1. The Bertz CT molecular complexity index is 421. The van der Waals surface area contributed by atoms with Crippen molar-refractivity contribution in [1.82, 2.24) is 5.32 Å². The van der Waals surface area contributed by atoms with Gasteiger partial charge in [-0.15, -0.1) is 0 Å². The second kappa shape index (κ2) is 8.90. The number of hydrogen-bond acceptors (Lipinski definition) is 4. The molecule has 1 atom stereocenters.